The lowest BCUT2D eigenvalue weighted by Gasteiger charge is -2.33. The maximum absolute atomic E-state index is 11.2. The summed E-state index contributed by atoms with van der Waals surface area (Å²) in [6.45, 7) is 8.14. The summed E-state index contributed by atoms with van der Waals surface area (Å²) < 4.78 is 0. The highest BCUT2D eigenvalue weighted by molar-refractivity contribution is 5.81. The maximum atomic E-state index is 11.2. The van der Waals surface area contributed by atoms with Crippen LogP contribution in [-0.2, 0) is 4.79 Å². The predicted molar refractivity (Wildman–Crippen MR) is 56.1 cm³/mol. The van der Waals surface area contributed by atoms with Crippen molar-refractivity contribution in [2.45, 2.75) is 39.7 Å². The monoisotopic (exact) mass is 199 g/mol. The minimum absolute atomic E-state index is 0.0967. The van der Waals surface area contributed by atoms with Crippen LogP contribution in [0.5, 0.6) is 0 Å². The molecule has 0 amide bonds. The van der Waals surface area contributed by atoms with E-state index in [9.17, 15) is 9.90 Å². The van der Waals surface area contributed by atoms with E-state index in [2.05, 4.69) is 4.90 Å². The minimum Gasteiger partial charge on any atom is -0.391 e. The van der Waals surface area contributed by atoms with Crippen molar-refractivity contribution in [1.82, 2.24) is 4.90 Å². The van der Waals surface area contributed by atoms with Crippen molar-refractivity contribution in [1.29, 1.82) is 0 Å². The van der Waals surface area contributed by atoms with E-state index in [-0.39, 0.29) is 11.5 Å². The lowest BCUT2D eigenvalue weighted by atomic mass is 9.88. The summed E-state index contributed by atoms with van der Waals surface area (Å²) in [7, 11) is 0. The number of piperidine rings is 1. The average molecular weight is 199 g/mol. The van der Waals surface area contributed by atoms with Crippen molar-refractivity contribution in [2.24, 2.45) is 5.41 Å². The number of nitrogens with zero attached hydrogens (tertiary/aromatic N) is 1. The first-order chi connectivity index (χ1) is 6.39. The first-order valence-electron chi connectivity index (χ1n) is 5.32. The van der Waals surface area contributed by atoms with Crippen LogP contribution >= 0.6 is 0 Å². The normalized spacial score (nSPS) is 22.4. The maximum Gasteiger partial charge on any atom is 0.146 e. The minimum atomic E-state index is -0.353. The largest absolute Gasteiger partial charge is 0.391 e. The van der Waals surface area contributed by atoms with Gasteiger partial charge in [0.15, 0.2) is 0 Å². The number of β-amino-alcohol motifs (C(OH)–C–C–N with tert-alkyl or cyclic N) is 1. The molecule has 1 aliphatic heterocycles. The second-order valence-corrected chi connectivity index (χ2v) is 5.26. The number of carbonyl (C=O) groups excluding carboxylic acids is 1. The molecule has 0 bridgehead atoms. The number of hydrogen-bond donors (Lipinski definition) is 1. The molecule has 1 fully saturated rings. The molecule has 1 aliphatic rings. The molecule has 1 rings (SSSR count). The van der Waals surface area contributed by atoms with Gasteiger partial charge in [0, 0.05) is 13.0 Å². The van der Waals surface area contributed by atoms with Crippen molar-refractivity contribution >= 4 is 5.78 Å². The van der Waals surface area contributed by atoms with E-state index in [0.29, 0.717) is 25.3 Å². The fourth-order valence-electron chi connectivity index (χ4n) is 1.58. The van der Waals surface area contributed by atoms with E-state index in [0.717, 1.165) is 13.0 Å². The van der Waals surface area contributed by atoms with Gasteiger partial charge in [-0.2, -0.15) is 0 Å². The molecule has 1 heterocycles. The van der Waals surface area contributed by atoms with Gasteiger partial charge in [0.05, 0.1) is 12.6 Å². The number of rotatable bonds is 2. The summed E-state index contributed by atoms with van der Waals surface area (Å²) in [5.41, 5.74) is -0.0967. The highest BCUT2D eigenvalue weighted by Gasteiger charge is 2.26. The molecule has 0 saturated carbocycles. The highest BCUT2D eigenvalue weighted by Crippen LogP contribution is 2.20. The molecule has 14 heavy (non-hydrogen) atoms. The van der Waals surface area contributed by atoms with E-state index in [1.807, 2.05) is 20.8 Å². The van der Waals surface area contributed by atoms with Crippen LogP contribution in [0.25, 0.3) is 0 Å². The molecule has 1 atom stereocenters. The molecule has 3 heteroatoms. The molecule has 1 unspecified atom stereocenters. The smallest absolute Gasteiger partial charge is 0.146 e. The quantitative estimate of drug-likeness (QED) is 0.723. The zero-order valence-corrected chi connectivity index (χ0v) is 9.42. The lowest BCUT2D eigenvalue weighted by molar-refractivity contribution is -0.122. The van der Waals surface area contributed by atoms with Crippen molar-refractivity contribution < 1.29 is 9.90 Å². The second kappa shape index (κ2) is 4.41. The van der Waals surface area contributed by atoms with Gasteiger partial charge in [-0.25, -0.2) is 0 Å². The van der Waals surface area contributed by atoms with Gasteiger partial charge in [0.1, 0.15) is 5.78 Å². The second-order valence-electron chi connectivity index (χ2n) is 5.26. The standard InChI is InChI=1S/C11H21NO2/c1-11(2,3)10(14)8-12-6-4-5-9(13)7-12/h10,14H,4-8H2,1-3H3. The van der Waals surface area contributed by atoms with Crippen LogP contribution in [-0.4, -0.2) is 41.5 Å². The molecule has 0 aliphatic carbocycles. The molecule has 1 N–H and O–H groups in total. The third-order valence-electron chi connectivity index (χ3n) is 2.76. The summed E-state index contributed by atoms with van der Waals surface area (Å²) >= 11 is 0. The van der Waals surface area contributed by atoms with E-state index >= 15 is 0 Å². The third-order valence-corrected chi connectivity index (χ3v) is 2.76. The van der Waals surface area contributed by atoms with E-state index < -0.39 is 0 Å². The number of aliphatic hydroxyl groups excluding tert-OH is 1. The van der Waals surface area contributed by atoms with Gasteiger partial charge in [0.25, 0.3) is 0 Å². The molecule has 0 radical (unpaired) electrons. The van der Waals surface area contributed by atoms with E-state index in [1.165, 1.54) is 0 Å². The number of aliphatic hydroxyl groups is 1. The third kappa shape index (κ3) is 3.39. The summed E-state index contributed by atoms with van der Waals surface area (Å²) in [6.07, 6.45) is 1.30. The summed E-state index contributed by atoms with van der Waals surface area (Å²) in [5.74, 6) is 0.303. The van der Waals surface area contributed by atoms with Gasteiger partial charge in [-0.3, -0.25) is 9.69 Å². The van der Waals surface area contributed by atoms with Gasteiger partial charge >= 0.3 is 0 Å². The molecule has 0 aromatic carbocycles. The van der Waals surface area contributed by atoms with Gasteiger partial charge in [-0.15, -0.1) is 0 Å². The zero-order chi connectivity index (χ0) is 10.8. The van der Waals surface area contributed by atoms with Gasteiger partial charge in [0.2, 0.25) is 0 Å². The topological polar surface area (TPSA) is 40.5 Å². The Morgan fingerprint density at radius 2 is 2.14 bits per heavy atom. The first-order valence-corrected chi connectivity index (χ1v) is 5.32. The van der Waals surface area contributed by atoms with Crippen molar-refractivity contribution in [3.05, 3.63) is 0 Å². The Kier molecular flexibility index (Phi) is 3.67. The van der Waals surface area contributed by atoms with Crippen LogP contribution in [0.1, 0.15) is 33.6 Å². The predicted octanol–water partition coefficient (Wildman–Crippen LogP) is 1.06. The zero-order valence-electron chi connectivity index (χ0n) is 9.42. The molecule has 3 nitrogen and oxygen atoms in total. The molecule has 0 aromatic rings. The Labute approximate surface area is 86.1 Å². The van der Waals surface area contributed by atoms with Gasteiger partial charge in [-0.05, 0) is 18.4 Å². The molecule has 0 spiro atoms. The molecule has 0 aromatic heterocycles. The lowest BCUT2D eigenvalue weighted by Crippen LogP contribution is -2.44. The van der Waals surface area contributed by atoms with Crippen molar-refractivity contribution in [3.8, 4) is 0 Å². The number of carbonyl (C=O) groups is 1. The molecule has 1 saturated heterocycles. The molecular formula is C11H21NO2. The SMILES string of the molecule is CC(C)(C)C(O)CN1CCCC(=O)C1. The van der Waals surface area contributed by atoms with Gasteiger partial charge in [-0.1, -0.05) is 20.8 Å². The van der Waals surface area contributed by atoms with E-state index in [1.54, 1.807) is 0 Å². The van der Waals surface area contributed by atoms with Crippen LogP contribution in [0.15, 0.2) is 0 Å². The van der Waals surface area contributed by atoms with Crippen LogP contribution in [0.4, 0.5) is 0 Å². The Balaban J connectivity index is 2.40. The summed E-state index contributed by atoms with van der Waals surface area (Å²) in [5, 5.41) is 9.87. The first kappa shape index (κ1) is 11.7. The Hall–Kier alpha value is -0.410. The van der Waals surface area contributed by atoms with Gasteiger partial charge < -0.3 is 5.11 Å². The fourth-order valence-corrected chi connectivity index (χ4v) is 1.58. The number of likely N-dealkylation sites (tertiary alicyclic amines) is 1. The fraction of sp³-hybridized carbons (Fsp3) is 0.909. The highest BCUT2D eigenvalue weighted by atomic mass is 16.3. The Morgan fingerprint density at radius 3 is 2.64 bits per heavy atom. The van der Waals surface area contributed by atoms with Crippen molar-refractivity contribution in [3.63, 3.8) is 0 Å². The Morgan fingerprint density at radius 1 is 1.50 bits per heavy atom. The number of hydrogen-bond acceptors (Lipinski definition) is 3. The van der Waals surface area contributed by atoms with E-state index in [4.69, 9.17) is 0 Å². The summed E-state index contributed by atoms with van der Waals surface area (Å²) in [6, 6.07) is 0. The Bertz CT molecular complexity index is 208. The molecular weight excluding hydrogens is 178 g/mol. The average Bonchev–Trinajstić information content (AvgIpc) is 2.02. The van der Waals surface area contributed by atoms with Crippen LogP contribution < -0.4 is 0 Å². The van der Waals surface area contributed by atoms with Crippen LogP contribution in [0, 0.1) is 5.41 Å². The number of ketones is 1. The van der Waals surface area contributed by atoms with Crippen LogP contribution in [0.2, 0.25) is 0 Å². The van der Waals surface area contributed by atoms with Crippen molar-refractivity contribution in [2.75, 3.05) is 19.6 Å². The number of Topliss-reactive ketones (excluding diaryl/α,β-unsaturated/α-hetero) is 1. The summed E-state index contributed by atoms with van der Waals surface area (Å²) in [4.78, 5) is 13.2. The molecule has 82 valence electrons. The van der Waals surface area contributed by atoms with Crippen LogP contribution in [0.3, 0.4) is 0 Å².